The van der Waals surface area contributed by atoms with Gasteiger partial charge in [0.1, 0.15) is 11.6 Å². The van der Waals surface area contributed by atoms with Crippen LogP contribution in [0.2, 0.25) is 0 Å². The minimum absolute atomic E-state index is 0.0141. The van der Waals surface area contributed by atoms with E-state index in [2.05, 4.69) is 34.3 Å². The van der Waals surface area contributed by atoms with Gasteiger partial charge in [0.25, 0.3) is 0 Å². The van der Waals surface area contributed by atoms with Gasteiger partial charge in [-0.25, -0.2) is 9.37 Å². The van der Waals surface area contributed by atoms with Crippen molar-refractivity contribution in [1.29, 1.82) is 0 Å². The molecule has 0 aliphatic carbocycles. The Morgan fingerprint density at radius 3 is 2.63 bits per heavy atom. The van der Waals surface area contributed by atoms with Crippen LogP contribution in [0.15, 0.2) is 53.9 Å². The third-order valence-electron chi connectivity index (χ3n) is 4.35. The summed E-state index contributed by atoms with van der Waals surface area (Å²) in [7, 11) is 0. The zero-order valence-corrected chi connectivity index (χ0v) is 16.6. The largest absolute Gasteiger partial charge is 0.300 e. The predicted octanol–water partition coefficient (Wildman–Crippen LogP) is 5.81. The number of aromatic amines is 1. The zero-order chi connectivity index (χ0) is 18.8. The molecule has 0 saturated heterocycles. The minimum Gasteiger partial charge on any atom is -0.300 e. The van der Waals surface area contributed by atoms with E-state index in [0.717, 1.165) is 26.3 Å². The third kappa shape index (κ3) is 3.85. The van der Waals surface area contributed by atoms with Gasteiger partial charge in [0.15, 0.2) is 5.82 Å². The summed E-state index contributed by atoms with van der Waals surface area (Å²) in [6.45, 7) is 4.16. The highest BCUT2D eigenvalue weighted by atomic mass is 32.1. The second-order valence-corrected chi connectivity index (χ2v) is 8.38. The van der Waals surface area contributed by atoms with Gasteiger partial charge in [-0.1, -0.05) is 24.3 Å². The lowest BCUT2D eigenvalue weighted by Crippen LogP contribution is -2.22. The van der Waals surface area contributed by atoms with Crippen LogP contribution in [0.1, 0.15) is 36.6 Å². The summed E-state index contributed by atoms with van der Waals surface area (Å²) in [4.78, 5) is 7.73. The van der Waals surface area contributed by atoms with Gasteiger partial charge in [-0.3, -0.25) is 5.10 Å². The van der Waals surface area contributed by atoms with E-state index in [4.69, 9.17) is 0 Å². The van der Waals surface area contributed by atoms with Crippen molar-refractivity contribution < 1.29 is 4.39 Å². The molecule has 7 heteroatoms. The van der Waals surface area contributed by atoms with Gasteiger partial charge in [0.05, 0.1) is 10.9 Å². The Kier molecular flexibility index (Phi) is 5.15. The van der Waals surface area contributed by atoms with Crippen molar-refractivity contribution in [3.63, 3.8) is 0 Å². The van der Waals surface area contributed by atoms with Crippen molar-refractivity contribution in [2.75, 3.05) is 0 Å². The first-order chi connectivity index (χ1) is 13.1. The Bertz CT molecular complexity index is 1020. The molecule has 2 unspecified atom stereocenters. The number of nitrogens with zero attached hydrogens (tertiary/aromatic N) is 2. The van der Waals surface area contributed by atoms with Gasteiger partial charge >= 0.3 is 0 Å². The van der Waals surface area contributed by atoms with Crippen LogP contribution in [0.5, 0.6) is 0 Å². The number of halogens is 1. The summed E-state index contributed by atoms with van der Waals surface area (Å²) in [6.07, 6.45) is 0. The van der Waals surface area contributed by atoms with Gasteiger partial charge in [-0.05, 0) is 43.5 Å². The van der Waals surface area contributed by atoms with E-state index in [1.807, 2.05) is 41.8 Å². The van der Waals surface area contributed by atoms with Gasteiger partial charge in [-0.15, -0.1) is 22.7 Å². The molecule has 27 heavy (non-hydrogen) atoms. The topological polar surface area (TPSA) is 53.6 Å². The molecule has 0 aliphatic rings. The Morgan fingerprint density at radius 1 is 1.00 bits per heavy atom. The smallest absolute Gasteiger partial charge is 0.191 e. The molecule has 0 aliphatic heterocycles. The van der Waals surface area contributed by atoms with Gasteiger partial charge < -0.3 is 5.32 Å². The second kappa shape index (κ2) is 7.72. The first-order valence-corrected chi connectivity index (χ1v) is 10.4. The van der Waals surface area contributed by atoms with Crippen LogP contribution in [0.3, 0.4) is 0 Å². The van der Waals surface area contributed by atoms with Crippen molar-refractivity contribution in [2.45, 2.75) is 25.9 Å². The maximum atomic E-state index is 14.0. The summed E-state index contributed by atoms with van der Waals surface area (Å²) in [5.41, 5.74) is 0.643. The van der Waals surface area contributed by atoms with E-state index < -0.39 is 0 Å². The van der Waals surface area contributed by atoms with E-state index >= 15 is 0 Å². The maximum absolute atomic E-state index is 14.0. The molecule has 0 saturated carbocycles. The SMILES string of the molecule is CC(NC(C)c1ccc(-c2ccccc2F)s1)c1nc(-c2cccs2)n[nH]1. The molecule has 2 N–H and O–H groups in total. The Labute approximate surface area is 165 Å². The van der Waals surface area contributed by atoms with Crippen molar-refractivity contribution in [1.82, 2.24) is 20.5 Å². The van der Waals surface area contributed by atoms with Gasteiger partial charge in [-0.2, -0.15) is 5.10 Å². The number of hydrogen-bond acceptors (Lipinski definition) is 5. The Hall–Kier alpha value is -2.35. The van der Waals surface area contributed by atoms with Gasteiger partial charge in [0.2, 0.25) is 0 Å². The Morgan fingerprint density at radius 2 is 1.85 bits per heavy atom. The number of benzene rings is 1. The number of aromatic nitrogens is 3. The summed E-state index contributed by atoms with van der Waals surface area (Å²) in [5, 5.41) is 12.9. The molecule has 138 valence electrons. The molecular formula is C20H19FN4S2. The molecule has 3 aromatic heterocycles. The minimum atomic E-state index is -0.192. The standard InChI is InChI=1S/C20H19FN4S2/c1-12(16-9-10-17(27-16)14-6-3-4-7-15(14)21)22-13(2)19-23-20(25-24-19)18-8-5-11-26-18/h3-13,22H,1-2H3,(H,23,24,25). The summed E-state index contributed by atoms with van der Waals surface area (Å²) < 4.78 is 14.0. The van der Waals surface area contributed by atoms with Crippen LogP contribution in [0, 0.1) is 5.82 Å². The maximum Gasteiger partial charge on any atom is 0.191 e. The molecule has 4 rings (SSSR count). The fourth-order valence-electron chi connectivity index (χ4n) is 2.91. The lowest BCUT2D eigenvalue weighted by Gasteiger charge is -2.17. The fraction of sp³-hybridized carbons (Fsp3) is 0.200. The number of hydrogen-bond donors (Lipinski definition) is 2. The number of rotatable bonds is 6. The summed E-state index contributed by atoms with van der Waals surface area (Å²) in [5.74, 6) is 1.33. The molecule has 0 radical (unpaired) electrons. The first kappa shape index (κ1) is 18.0. The van der Waals surface area contributed by atoms with Crippen LogP contribution < -0.4 is 5.32 Å². The fourth-order valence-corrected chi connectivity index (χ4v) is 4.62. The number of thiophene rings is 2. The molecule has 0 amide bonds. The van der Waals surface area contributed by atoms with Crippen LogP contribution in [-0.2, 0) is 0 Å². The second-order valence-electron chi connectivity index (χ2n) is 6.31. The first-order valence-electron chi connectivity index (χ1n) is 8.68. The van der Waals surface area contributed by atoms with Crippen LogP contribution in [-0.4, -0.2) is 15.2 Å². The monoisotopic (exact) mass is 398 g/mol. The highest BCUT2D eigenvalue weighted by Crippen LogP contribution is 2.33. The van der Waals surface area contributed by atoms with Crippen LogP contribution >= 0.6 is 22.7 Å². The third-order valence-corrected chi connectivity index (χ3v) is 6.51. The molecule has 4 nitrogen and oxygen atoms in total. The van der Waals surface area contributed by atoms with Crippen molar-refractivity contribution in [3.8, 4) is 21.1 Å². The summed E-state index contributed by atoms with van der Waals surface area (Å²) in [6, 6.07) is 15.0. The van der Waals surface area contributed by atoms with Gasteiger partial charge in [0, 0.05) is 21.4 Å². The van der Waals surface area contributed by atoms with Crippen molar-refractivity contribution >= 4 is 22.7 Å². The van der Waals surface area contributed by atoms with Crippen molar-refractivity contribution in [3.05, 3.63) is 70.4 Å². The highest BCUT2D eigenvalue weighted by Gasteiger charge is 2.17. The van der Waals surface area contributed by atoms with Crippen LogP contribution in [0.25, 0.3) is 21.1 Å². The van der Waals surface area contributed by atoms with Crippen molar-refractivity contribution in [2.24, 2.45) is 0 Å². The van der Waals surface area contributed by atoms with E-state index in [1.165, 1.54) is 6.07 Å². The molecule has 4 aromatic rings. The molecule has 0 spiro atoms. The van der Waals surface area contributed by atoms with E-state index in [1.54, 1.807) is 28.7 Å². The average molecular weight is 399 g/mol. The molecule has 3 heterocycles. The normalized spacial score (nSPS) is 13.6. The van der Waals surface area contributed by atoms with Crippen LogP contribution in [0.4, 0.5) is 4.39 Å². The predicted molar refractivity (Wildman–Crippen MR) is 109 cm³/mol. The molecular weight excluding hydrogens is 379 g/mol. The van der Waals surface area contributed by atoms with E-state index in [-0.39, 0.29) is 17.9 Å². The molecule has 0 bridgehead atoms. The number of H-pyrrole nitrogens is 1. The molecule has 0 fully saturated rings. The molecule has 1 aromatic carbocycles. The lowest BCUT2D eigenvalue weighted by atomic mass is 10.1. The lowest BCUT2D eigenvalue weighted by molar-refractivity contribution is 0.482. The highest BCUT2D eigenvalue weighted by molar-refractivity contribution is 7.15. The molecule has 2 atom stereocenters. The average Bonchev–Trinajstić information content (AvgIpc) is 3.41. The zero-order valence-electron chi connectivity index (χ0n) is 14.9. The number of nitrogens with one attached hydrogen (secondary N) is 2. The summed E-state index contributed by atoms with van der Waals surface area (Å²) >= 11 is 3.22. The van der Waals surface area contributed by atoms with E-state index in [0.29, 0.717) is 5.56 Å². The quantitative estimate of drug-likeness (QED) is 0.431. The Balaban J connectivity index is 1.46. The van der Waals surface area contributed by atoms with E-state index in [9.17, 15) is 4.39 Å².